The summed E-state index contributed by atoms with van der Waals surface area (Å²) < 4.78 is 38.2. The minimum atomic E-state index is -4.47. The number of carbonyl (C=O) groups is 2. The minimum absolute atomic E-state index is 0.119. The Bertz CT molecular complexity index is 1030. The van der Waals surface area contributed by atoms with Gasteiger partial charge in [0.15, 0.2) is 0 Å². The fourth-order valence-corrected chi connectivity index (χ4v) is 3.43. The SMILES string of the molecule is O=C(O)CC(CC(=O)NCCc1c[nH]c2ccccc12)c1ccc(C(F)(F)F)cc1. The van der Waals surface area contributed by atoms with Gasteiger partial charge in [-0.05, 0) is 35.7 Å². The van der Waals surface area contributed by atoms with Crippen LogP contribution in [0.15, 0.2) is 54.7 Å². The highest BCUT2D eigenvalue weighted by molar-refractivity contribution is 5.83. The first-order valence-corrected chi connectivity index (χ1v) is 9.44. The number of aromatic amines is 1. The molecule has 0 aliphatic carbocycles. The van der Waals surface area contributed by atoms with Crippen LogP contribution in [0.3, 0.4) is 0 Å². The molecule has 0 radical (unpaired) electrons. The van der Waals surface area contributed by atoms with E-state index in [1.807, 2.05) is 30.5 Å². The first-order chi connectivity index (χ1) is 14.2. The van der Waals surface area contributed by atoms with E-state index in [-0.39, 0.29) is 18.7 Å². The number of rotatable bonds is 8. The molecule has 1 aromatic heterocycles. The second kappa shape index (κ2) is 9.02. The largest absolute Gasteiger partial charge is 0.481 e. The molecule has 3 aromatic rings. The number of nitrogens with one attached hydrogen (secondary N) is 2. The Morgan fingerprint density at radius 1 is 1.03 bits per heavy atom. The van der Waals surface area contributed by atoms with E-state index >= 15 is 0 Å². The molecule has 158 valence electrons. The number of fused-ring (bicyclic) bond motifs is 1. The second-order valence-electron chi connectivity index (χ2n) is 7.08. The zero-order chi connectivity index (χ0) is 21.7. The van der Waals surface area contributed by atoms with Gasteiger partial charge in [0.25, 0.3) is 0 Å². The van der Waals surface area contributed by atoms with E-state index in [2.05, 4.69) is 10.3 Å². The standard InChI is InChI=1S/C22H21F3N2O3/c23-22(24,25)17-7-5-14(6-8-17)16(12-21(29)30)11-20(28)26-10-9-15-13-27-19-4-2-1-3-18(15)19/h1-8,13,16,27H,9-12H2,(H,26,28)(H,29,30). The molecular weight excluding hydrogens is 397 g/mol. The normalized spacial score (nSPS) is 12.6. The van der Waals surface area contributed by atoms with Crippen molar-refractivity contribution >= 4 is 22.8 Å². The number of aliphatic carboxylic acids is 1. The number of alkyl halides is 3. The summed E-state index contributed by atoms with van der Waals surface area (Å²) in [5.74, 6) is -2.18. The highest BCUT2D eigenvalue weighted by Crippen LogP contribution is 2.31. The summed E-state index contributed by atoms with van der Waals surface area (Å²) in [5, 5.41) is 13.0. The Morgan fingerprint density at radius 3 is 2.40 bits per heavy atom. The van der Waals surface area contributed by atoms with Gasteiger partial charge in [-0.25, -0.2) is 0 Å². The van der Waals surface area contributed by atoms with Crippen molar-refractivity contribution in [3.8, 4) is 0 Å². The Hall–Kier alpha value is -3.29. The van der Waals surface area contributed by atoms with Crippen LogP contribution in [-0.2, 0) is 22.2 Å². The summed E-state index contributed by atoms with van der Waals surface area (Å²) in [7, 11) is 0. The van der Waals surface area contributed by atoms with Gasteiger partial charge in [0, 0.05) is 36.0 Å². The van der Waals surface area contributed by atoms with Gasteiger partial charge >= 0.3 is 12.1 Å². The van der Waals surface area contributed by atoms with Gasteiger partial charge in [0.1, 0.15) is 0 Å². The number of carboxylic acid groups (broad SMARTS) is 1. The van der Waals surface area contributed by atoms with Crippen molar-refractivity contribution < 1.29 is 27.9 Å². The molecule has 2 aromatic carbocycles. The van der Waals surface area contributed by atoms with Crippen molar-refractivity contribution in [1.82, 2.24) is 10.3 Å². The quantitative estimate of drug-likeness (QED) is 0.504. The topological polar surface area (TPSA) is 82.2 Å². The van der Waals surface area contributed by atoms with Crippen molar-refractivity contribution in [2.75, 3.05) is 6.54 Å². The lowest BCUT2D eigenvalue weighted by Gasteiger charge is -2.16. The van der Waals surface area contributed by atoms with Gasteiger partial charge in [-0.3, -0.25) is 9.59 Å². The summed E-state index contributed by atoms with van der Waals surface area (Å²) in [4.78, 5) is 26.7. The van der Waals surface area contributed by atoms with Crippen LogP contribution in [0, 0.1) is 0 Å². The lowest BCUT2D eigenvalue weighted by molar-refractivity contribution is -0.138. The summed E-state index contributed by atoms with van der Waals surface area (Å²) in [6.07, 6.45) is -2.46. The number of benzene rings is 2. The van der Waals surface area contributed by atoms with Crippen LogP contribution in [0.4, 0.5) is 13.2 Å². The fourth-order valence-electron chi connectivity index (χ4n) is 3.43. The van der Waals surface area contributed by atoms with Gasteiger partial charge < -0.3 is 15.4 Å². The van der Waals surface area contributed by atoms with E-state index < -0.39 is 23.6 Å². The summed E-state index contributed by atoms with van der Waals surface area (Å²) in [6, 6.07) is 12.1. The number of aromatic nitrogens is 1. The highest BCUT2D eigenvalue weighted by atomic mass is 19.4. The molecule has 1 amide bonds. The number of H-pyrrole nitrogens is 1. The molecule has 0 fully saturated rings. The molecule has 5 nitrogen and oxygen atoms in total. The number of halogens is 3. The molecule has 0 aliphatic heterocycles. The third-order valence-corrected chi connectivity index (χ3v) is 4.95. The van der Waals surface area contributed by atoms with Crippen LogP contribution in [0.2, 0.25) is 0 Å². The Labute approximate surface area is 170 Å². The second-order valence-corrected chi connectivity index (χ2v) is 7.08. The Kier molecular flexibility index (Phi) is 6.44. The number of carbonyl (C=O) groups excluding carboxylic acids is 1. The molecule has 8 heteroatoms. The Morgan fingerprint density at radius 2 is 1.73 bits per heavy atom. The summed E-state index contributed by atoms with van der Waals surface area (Å²) >= 11 is 0. The average molecular weight is 418 g/mol. The van der Waals surface area contributed by atoms with Gasteiger partial charge in [-0.15, -0.1) is 0 Å². The number of amides is 1. The Balaban J connectivity index is 1.60. The molecule has 0 spiro atoms. The highest BCUT2D eigenvalue weighted by Gasteiger charge is 2.30. The van der Waals surface area contributed by atoms with Crippen LogP contribution >= 0.6 is 0 Å². The zero-order valence-corrected chi connectivity index (χ0v) is 16.0. The molecule has 0 saturated heterocycles. The summed E-state index contributed by atoms with van der Waals surface area (Å²) in [5.41, 5.74) is 1.62. The van der Waals surface area contributed by atoms with Crippen molar-refractivity contribution in [1.29, 1.82) is 0 Å². The lowest BCUT2D eigenvalue weighted by Crippen LogP contribution is -2.27. The maximum atomic E-state index is 12.7. The first-order valence-electron chi connectivity index (χ1n) is 9.44. The summed E-state index contributed by atoms with van der Waals surface area (Å²) in [6.45, 7) is 0.369. The third-order valence-electron chi connectivity index (χ3n) is 4.95. The van der Waals surface area contributed by atoms with E-state index in [1.54, 1.807) is 0 Å². The maximum Gasteiger partial charge on any atom is 0.416 e. The molecule has 1 atom stereocenters. The smallest absolute Gasteiger partial charge is 0.416 e. The molecule has 1 heterocycles. The number of hydrogen-bond acceptors (Lipinski definition) is 2. The van der Waals surface area contributed by atoms with Gasteiger partial charge in [0.2, 0.25) is 5.91 Å². The van der Waals surface area contributed by atoms with Crippen molar-refractivity contribution in [2.45, 2.75) is 31.4 Å². The van der Waals surface area contributed by atoms with E-state index in [9.17, 15) is 22.8 Å². The predicted octanol–water partition coefficient (Wildman–Crippen LogP) is 4.49. The van der Waals surface area contributed by atoms with Gasteiger partial charge in [-0.2, -0.15) is 13.2 Å². The van der Waals surface area contributed by atoms with E-state index in [1.165, 1.54) is 12.1 Å². The van der Waals surface area contributed by atoms with Crippen LogP contribution in [0.25, 0.3) is 10.9 Å². The van der Waals surface area contributed by atoms with Gasteiger partial charge in [0.05, 0.1) is 12.0 Å². The molecule has 1 unspecified atom stereocenters. The molecular formula is C22H21F3N2O3. The predicted molar refractivity (Wildman–Crippen MR) is 106 cm³/mol. The first kappa shape index (κ1) is 21.4. The average Bonchev–Trinajstić information content (AvgIpc) is 3.10. The number of carboxylic acids is 1. The zero-order valence-electron chi connectivity index (χ0n) is 16.0. The van der Waals surface area contributed by atoms with Crippen molar-refractivity contribution in [3.63, 3.8) is 0 Å². The van der Waals surface area contributed by atoms with Crippen LogP contribution < -0.4 is 5.32 Å². The molecule has 30 heavy (non-hydrogen) atoms. The number of para-hydroxylation sites is 1. The van der Waals surface area contributed by atoms with Gasteiger partial charge in [-0.1, -0.05) is 30.3 Å². The number of hydrogen-bond donors (Lipinski definition) is 3. The third kappa shape index (κ3) is 5.40. The van der Waals surface area contributed by atoms with E-state index in [4.69, 9.17) is 5.11 Å². The molecule has 3 N–H and O–H groups in total. The van der Waals surface area contributed by atoms with Crippen LogP contribution in [-0.4, -0.2) is 28.5 Å². The molecule has 0 saturated carbocycles. The fraction of sp³-hybridized carbons (Fsp3) is 0.273. The maximum absolute atomic E-state index is 12.7. The van der Waals surface area contributed by atoms with Crippen molar-refractivity contribution in [3.05, 3.63) is 71.4 Å². The minimum Gasteiger partial charge on any atom is -0.481 e. The van der Waals surface area contributed by atoms with Crippen LogP contribution in [0.5, 0.6) is 0 Å². The van der Waals surface area contributed by atoms with E-state index in [0.717, 1.165) is 28.6 Å². The van der Waals surface area contributed by atoms with Crippen LogP contribution in [0.1, 0.15) is 35.4 Å². The molecule has 0 bridgehead atoms. The molecule has 0 aliphatic rings. The van der Waals surface area contributed by atoms with Crippen molar-refractivity contribution in [2.24, 2.45) is 0 Å². The monoisotopic (exact) mass is 418 g/mol. The lowest BCUT2D eigenvalue weighted by atomic mass is 9.91. The molecule has 3 rings (SSSR count). The van der Waals surface area contributed by atoms with E-state index in [0.29, 0.717) is 18.5 Å².